The standard InChI is InChI=1S/C13H16FNO3/c1-2-10(13(17)18)12(16)15-8-7-9-5-3-4-6-11(9)14/h3-6,10H,2,7-8H2,1H3,(H,15,16)(H,17,18). The van der Waals surface area contributed by atoms with Crippen LogP contribution in [-0.2, 0) is 16.0 Å². The first-order valence-corrected chi connectivity index (χ1v) is 5.80. The number of rotatable bonds is 6. The van der Waals surface area contributed by atoms with Gasteiger partial charge in [0, 0.05) is 6.54 Å². The quantitative estimate of drug-likeness (QED) is 0.757. The fourth-order valence-electron chi connectivity index (χ4n) is 1.62. The molecule has 0 aliphatic heterocycles. The van der Waals surface area contributed by atoms with Gasteiger partial charge >= 0.3 is 5.97 Å². The van der Waals surface area contributed by atoms with Crippen molar-refractivity contribution in [3.63, 3.8) is 0 Å². The van der Waals surface area contributed by atoms with Gasteiger partial charge < -0.3 is 10.4 Å². The van der Waals surface area contributed by atoms with E-state index in [0.717, 1.165) is 0 Å². The van der Waals surface area contributed by atoms with E-state index in [-0.39, 0.29) is 18.8 Å². The molecule has 0 saturated heterocycles. The SMILES string of the molecule is CCC(C(=O)O)C(=O)NCCc1ccccc1F. The molecule has 0 fully saturated rings. The average Bonchev–Trinajstić information content (AvgIpc) is 2.32. The van der Waals surface area contributed by atoms with Gasteiger partial charge in [0.15, 0.2) is 0 Å². The lowest BCUT2D eigenvalue weighted by Gasteiger charge is -2.10. The summed E-state index contributed by atoms with van der Waals surface area (Å²) in [5, 5.41) is 11.3. The molecule has 1 aromatic rings. The topological polar surface area (TPSA) is 66.4 Å². The Morgan fingerprint density at radius 2 is 2.06 bits per heavy atom. The van der Waals surface area contributed by atoms with E-state index in [1.54, 1.807) is 25.1 Å². The Morgan fingerprint density at radius 1 is 1.39 bits per heavy atom. The zero-order chi connectivity index (χ0) is 13.5. The lowest BCUT2D eigenvalue weighted by molar-refractivity contribution is -0.147. The fourth-order valence-corrected chi connectivity index (χ4v) is 1.62. The Labute approximate surface area is 105 Å². The van der Waals surface area contributed by atoms with Crippen LogP contribution in [0.15, 0.2) is 24.3 Å². The molecule has 18 heavy (non-hydrogen) atoms. The Hall–Kier alpha value is -1.91. The van der Waals surface area contributed by atoms with Crippen molar-refractivity contribution in [2.24, 2.45) is 5.92 Å². The molecule has 1 aromatic carbocycles. The van der Waals surface area contributed by atoms with E-state index in [2.05, 4.69) is 5.32 Å². The van der Waals surface area contributed by atoms with Crippen LogP contribution in [-0.4, -0.2) is 23.5 Å². The van der Waals surface area contributed by atoms with E-state index in [0.29, 0.717) is 12.0 Å². The third-order valence-electron chi connectivity index (χ3n) is 2.67. The molecule has 4 nitrogen and oxygen atoms in total. The molecular weight excluding hydrogens is 237 g/mol. The number of amides is 1. The molecule has 1 atom stereocenters. The maximum Gasteiger partial charge on any atom is 0.316 e. The highest BCUT2D eigenvalue weighted by Gasteiger charge is 2.23. The maximum absolute atomic E-state index is 13.3. The second-order valence-corrected chi connectivity index (χ2v) is 3.93. The highest BCUT2D eigenvalue weighted by atomic mass is 19.1. The Bertz CT molecular complexity index is 434. The number of halogens is 1. The molecule has 0 aromatic heterocycles. The van der Waals surface area contributed by atoms with Crippen molar-refractivity contribution in [1.29, 1.82) is 0 Å². The lowest BCUT2D eigenvalue weighted by atomic mass is 10.1. The van der Waals surface area contributed by atoms with Gasteiger partial charge in [0.1, 0.15) is 11.7 Å². The Balaban J connectivity index is 2.45. The van der Waals surface area contributed by atoms with E-state index in [4.69, 9.17) is 5.11 Å². The van der Waals surface area contributed by atoms with Gasteiger partial charge in [-0.15, -0.1) is 0 Å². The molecule has 0 heterocycles. The number of carboxylic acid groups (broad SMARTS) is 1. The van der Waals surface area contributed by atoms with Crippen LogP contribution < -0.4 is 5.32 Å². The van der Waals surface area contributed by atoms with Gasteiger partial charge in [-0.05, 0) is 24.5 Å². The summed E-state index contributed by atoms with van der Waals surface area (Å²) in [6, 6.07) is 6.29. The zero-order valence-electron chi connectivity index (χ0n) is 10.1. The van der Waals surface area contributed by atoms with Gasteiger partial charge in [-0.2, -0.15) is 0 Å². The molecule has 98 valence electrons. The van der Waals surface area contributed by atoms with Gasteiger partial charge in [0.05, 0.1) is 0 Å². The van der Waals surface area contributed by atoms with Crippen LogP contribution in [0.25, 0.3) is 0 Å². The van der Waals surface area contributed by atoms with E-state index < -0.39 is 17.8 Å². The first-order valence-electron chi connectivity index (χ1n) is 5.80. The molecule has 0 saturated carbocycles. The number of hydrogen-bond acceptors (Lipinski definition) is 2. The van der Waals surface area contributed by atoms with Crippen molar-refractivity contribution in [3.05, 3.63) is 35.6 Å². The van der Waals surface area contributed by atoms with Gasteiger partial charge in [-0.25, -0.2) is 4.39 Å². The van der Waals surface area contributed by atoms with Gasteiger partial charge in [-0.3, -0.25) is 9.59 Å². The Kier molecular flexibility index (Phi) is 5.30. The molecule has 0 aliphatic carbocycles. The number of hydrogen-bond donors (Lipinski definition) is 2. The highest BCUT2D eigenvalue weighted by molar-refractivity contribution is 5.96. The normalized spacial score (nSPS) is 11.9. The predicted octanol–water partition coefficient (Wildman–Crippen LogP) is 1.60. The largest absolute Gasteiger partial charge is 0.481 e. The van der Waals surface area contributed by atoms with Gasteiger partial charge in [0.2, 0.25) is 5.91 Å². The van der Waals surface area contributed by atoms with Crippen molar-refractivity contribution >= 4 is 11.9 Å². The van der Waals surface area contributed by atoms with Gasteiger partial charge in [0.25, 0.3) is 0 Å². The number of carbonyl (C=O) groups excluding carboxylic acids is 1. The number of carbonyl (C=O) groups is 2. The molecule has 0 bridgehead atoms. The number of nitrogens with one attached hydrogen (secondary N) is 1. The minimum Gasteiger partial charge on any atom is -0.481 e. The summed E-state index contributed by atoms with van der Waals surface area (Å²) in [6.07, 6.45) is 0.579. The van der Waals surface area contributed by atoms with E-state index >= 15 is 0 Å². The minimum atomic E-state index is -1.14. The summed E-state index contributed by atoms with van der Waals surface area (Å²) >= 11 is 0. The molecule has 5 heteroatoms. The molecule has 1 rings (SSSR count). The van der Waals surface area contributed by atoms with Crippen LogP contribution in [0.2, 0.25) is 0 Å². The van der Waals surface area contributed by atoms with Crippen molar-refractivity contribution in [3.8, 4) is 0 Å². The summed E-state index contributed by atoms with van der Waals surface area (Å²) in [4.78, 5) is 22.2. The van der Waals surface area contributed by atoms with Crippen LogP contribution >= 0.6 is 0 Å². The summed E-state index contributed by atoms with van der Waals surface area (Å²) in [6.45, 7) is 1.86. The van der Waals surface area contributed by atoms with Crippen LogP contribution in [0.1, 0.15) is 18.9 Å². The first-order chi connectivity index (χ1) is 8.56. The van der Waals surface area contributed by atoms with E-state index in [9.17, 15) is 14.0 Å². The average molecular weight is 253 g/mol. The maximum atomic E-state index is 13.3. The third kappa shape index (κ3) is 3.84. The molecule has 0 radical (unpaired) electrons. The zero-order valence-corrected chi connectivity index (χ0v) is 10.1. The van der Waals surface area contributed by atoms with Crippen LogP contribution in [0.4, 0.5) is 4.39 Å². The molecular formula is C13H16FNO3. The highest BCUT2D eigenvalue weighted by Crippen LogP contribution is 2.07. The van der Waals surface area contributed by atoms with E-state index in [1.807, 2.05) is 0 Å². The van der Waals surface area contributed by atoms with Crippen LogP contribution in [0.5, 0.6) is 0 Å². The van der Waals surface area contributed by atoms with E-state index in [1.165, 1.54) is 6.07 Å². The first kappa shape index (κ1) is 14.2. The summed E-state index contributed by atoms with van der Waals surface area (Å²) in [5.74, 6) is -3.02. The summed E-state index contributed by atoms with van der Waals surface area (Å²) < 4.78 is 13.3. The second kappa shape index (κ2) is 6.74. The smallest absolute Gasteiger partial charge is 0.316 e. The van der Waals surface area contributed by atoms with Crippen LogP contribution in [0, 0.1) is 11.7 Å². The number of benzene rings is 1. The summed E-state index contributed by atoms with van der Waals surface area (Å²) in [5.41, 5.74) is 0.501. The predicted molar refractivity (Wildman–Crippen MR) is 64.5 cm³/mol. The van der Waals surface area contributed by atoms with Crippen molar-refractivity contribution in [2.75, 3.05) is 6.54 Å². The molecule has 0 spiro atoms. The van der Waals surface area contributed by atoms with Crippen molar-refractivity contribution < 1.29 is 19.1 Å². The molecule has 0 aliphatic rings. The van der Waals surface area contributed by atoms with Crippen molar-refractivity contribution in [2.45, 2.75) is 19.8 Å². The molecule has 1 unspecified atom stereocenters. The third-order valence-corrected chi connectivity index (χ3v) is 2.67. The monoisotopic (exact) mass is 253 g/mol. The summed E-state index contributed by atoms with van der Waals surface area (Å²) in [7, 11) is 0. The fraction of sp³-hybridized carbons (Fsp3) is 0.385. The van der Waals surface area contributed by atoms with Crippen molar-refractivity contribution in [1.82, 2.24) is 5.32 Å². The minimum absolute atomic E-state index is 0.226. The second-order valence-electron chi connectivity index (χ2n) is 3.93. The molecule has 1 amide bonds. The Morgan fingerprint density at radius 3 is 2.61 bits per heavy atom. The van der Waals surface area contributed by atoms with Crippen LogP contribution in [0.3, 0.4) is 0 Å². The molecule has 2 N–H and O–H groups in total. The number of aliphatic carboxylic acids is 1. The van der Waals surface area contributed by atoms with Gasteiger partial charge in [-0.1, -0.05) is 25.1 Å². The lowest BCUT2D eigenvalue weighted by Crippen LogP contribution is -2.36. The number of carboxylic acids is 1.